The molecule has 2 nitrogen and oxygen atoms in total. The van der Waals surface area contributed by atoms with Crippen molar-refractivity contribution in [3.8, 4) is 0 Å². The molecule has 0 saturated carbocycles. The lowest BCUT2D eigenvalue weighted by Gasteiger charge is -2.15. The highest BCUT2D eigenvalue weighted by Crippen LogP contribution is 2.14. The molecule has 4 heteroatoms. The van der Waals surface area contributed by atoms with Gasteiger partial charge >= 0.3 is 0 Å². The third-order valence-corrected chi connectivity index (χ3v) is 4.80. The summed E-state index contributed by atoms with van der Waals surface area (Å²) in [4.78, 5) is 0.748. The Morgan fingerprint density at radius 2 is 1.64 bits per heavy atom. The summed E-state index contributed by atoms with van der Waals surface area (Å²) in [6.45, 7) is 8.09. The molecule has 1 rings (SSSR count). The Morgan fingerprint density at radius 3 is 2.07 bits per heavy atom. The second kappa shape index (κ2) is 4.38. The van der Waals surface area contributed by atoms with Crippen LogP contribution in [0.1, 0.15) is 5.56 Å². The maximum absolute atomic E-state index is 11.7. The SMILES string of the molecule is Cc1ccc(S(=O)O[Si](C)(C)C)cc1. The van der Waals surface area contributed by atoms with Crippen molar-refractivity contribution in [3.05, 3.63) is 29.8 Å². The van der Waals surface area contributed by atoms with Crippen LogP contribution in [0.4, 0.5) is 0 Å². The summed E-state index contributed by atoms with van der Waals surface area (Å²) in [5.41, 5.74) is 1.17. The molecule has 1 aromatic carbocycles. The maximum Gasteiger partial charge on any atom is 0.205 e. The van der Waals surface area contributed by atoms with Gasteiger partial charge in [-0.05, 0) is 38.7 Å². The fourth-order valence-corrected chi connectivity index (χ4v) is 3.48. The molecule has 0 fully saturated rings. The first kappa shape index (κ1) is 11.6. The van der Waals surface area contributed by atoms with E-state index in [1.807, 2.05) is 50.8 Å². The molecule has 0 aliphatic carbocycles. The molecule has 1 atom stereocenters. The third kappa shape index (κ3) is 3.73. The van der Waals surface area contributed by atoms with Gasteiger partial charge in [0, 0.05) is 0 Å². The average Bonchev–Trinajstić information content (AvgIpc) is 2.02. The molecule has 1 aromatic rings. The molecule has 0 amide bonds. The maximum atomic E-state index is 11.7. The van der Waals surface area contributed by atoms with Crippen molar-refractivity contribution in [3.63, 3.8) is 0 Å². The van der Waals surface area contributed by atoms with Gasteiger partial charge in [0.1, 0.15) is 0 Å². The van der Waals surface area contributed by atoms with E-state index in [0.717, 1.165) is 4.90 Å². The lowest BCUT2D eigenvalue weighted by molar-refractivity contribution is 0.563. The second-order valence-electron chi connectivity index (χ2n) is 4.24. The minimum Gasteiger partial charge on any atom is -0.332 e. The molecule has 78 valence electrons. The minimum atomic E-state index is -1.72. The summed E-state index contributed by atoms with van der Waals surface area (Å²) >= 11 is -1.30. The van der Waals surface area contributed by atoms with Crippen LogP contribution < -0.4 is 0 Å². The molecule has 0 aromatic heterocycles. The zero-order valence-electron chi connectivity index (χ0n) is 9.03. The number of hydrogen-bond acceptors (Lipinski definition) is 2. The first-order valence-electron chi connectivity index (χ1n) is 4.56. The van der Waals surface area contributed by atoms with E-state index in [4.69, 9.17) is 3.87 Å². The molecule has 0 radical (unpaired) electrons. The highest BCUT2D eigenvalue weighted by molar-refractivity contribution is 7.81. The van der Waals surface area contributed by atoms with Crippen molar-refractivity contribution < 1.29 is 8.08 Å². The predicted molar refractivity (Wildman–Crippen MR) is 62.0 cm³/mol. The van der Waals surface area contributed by atoms with Gasteiger partial charge in [0.05, 0.1) is 4.90 Å². The van der Waals surface area contributed by atoms with E-state index in [2.05, 4.69) is 0 Å². The van der Waals surface area contributed by atoms with Gasteiger partial charge < -0.3 is 3.87 Å². The highest BCUT2D eigenvalue weighted by Gasteiger charge is 2.19. The molecule has 0 spiro atoms. The smallest absolute Gasteiger partial charge is 0.205 e. The molecule has 0 aliphatic heterocycles. The number of aryl methyl sites for hydroxylation is 1. The van der Waals surface area contributed by atoms with E-state index in [0.29, 0.717) is 0 Å². The topological polar surface area (TPSA) is 26.3 Å². The van der Waals surface area contributed by atoms with Gasteiger partial charge in [-0.2, -0.15) is 0 Å². The summed E-state index contributed by atoms with van der Waals surface area (Å²) in [6.07, 6.45) is 0. The van der Waals surface area contributed by atoms with Crippen molar-refractivity contribution in [1.82, 2.24) is 0 Å². The van der Waals surface area contributed by atoms with Gasteiger partial charge in [-0.25, -0.2) is 4.21 Å². The average molecular weight is 228 g/mol. The summed E-state index contributed by atoms with van der Waals surface area (Å²) in [5, 5.41) is 0. The van der Waals surface area contributed by atoms with Gasteiger partial charge in [-0.1, -0.05) is 17.7 Å². The Bertz CT molecular complexity index is 327. The van der Waals surface area contributed by atoms with E-state index in [1.165, 1.54) is 5.56 Å². The Balaban J connectivity index is 2.76. The first-order valence-corrected chi connectivity index (χ1v) is 9.05. The van der Waals surface area contributed by atoms with E-state index >= 15 is 0 Å². The predicted octanol–water partition coefficient (Wildman–Crippen LogP) is 2.87. The van der Waals surface area contributed by atoms with Gasteiger partial charge in [0.25, 0.3) is 0 Å². The largest absolute Gasteiger partial charge is 0.332 e. The van der Waals surface area contributed by atoms with E-state index < -0.39 is 19.4 Å². The molecule has 1 unspecified atom stereocenters. The molecule has 0 aliphatic rings. The van der Waals surface area contributed by atoms with Crippen LogP contribution in [0.25, 0.3) is 0 Å². The second-order valence-corrected chi connectivity index (χ2v) is 10.1. The summed E-state index contributed by atoms with van der Waals surface area (Å²) in [7, 11) is -1.72. The van der Waals surface area contributed by atoms with Crippen LogP contribution in [0, 0.1) is 6.92 Å². The van der Waals surface area contributed by atoms with Gasteiger partial charge in [0.2, 0.25) is 8.32 Å². The summed E-state index contributed by atoms with van der Waals surface area (Å²) in [6, 6.07) is 7.60. The van der Waals surface area contributed by atoms with Crippen molar-refractivity contribution in [2.75, 3.05) is 0 Å². The van der Waals surface area contributed by atoms with E-state index in [-0.39, 0.29) is 0 Å². The van der Waals surface area contributed by atoms with Gasteiger partial charge in [0.15, 0.2) is 11.1 Å². The van der Waals surface area contributed by atoms with E-state index in [9.17, 15) is 4.21 Å². The van der Waals surface area contributed by atoms with Crippen LogP contribution in [0.5, 0.6) is 0 Å². The zero-order valence-corrected chi connectivity index (χ0v) is 10.9. The first-order chi connectivity index (χ1) is 6.38. The third-order valence-electron chi connectivity index (χ3n) is 1.54. The molecular formula is C10H16O2SSi. The molecule has 0 saturated heterocycles. The minimum absolute atomic E-state index is 0.748. The molecule has 14 heavy (non-hydrogen) atoms. The van der Waals surface area contributed by atoms with Gasteiger partial charge in [-0.3, -0.25) is 0 Å². The van der Waals surface area contributed by atoms with Crippen LogP contribution in [0.2, 0.25) is 19.6 Å². The van der Waals surface area contributed by atoms with Crippen molar-refractivity contribution >= 4 is 19.4 Å². The van der Waals surface area contributed by atoms with Gasteiger partial charge in [-0.15, -0.1) is 0 Å². The fraction of sp³-hybridized carbons (Fsp3) is 0.400. The summed E-state index contributed by atoms with van der Waals surface area (Å²) < 4.78 is 17.2. The normalized spacial score (nSPS) is 14.0. The Hall–Kier alpha value is -0.453. The zero-order chi connectivity index (χ0) is 10.8. The molecule has 0 bridgehead atoms. The lowest BCUT2D eigenvalue weighted by atomic mass is 10.2. The van der Waals surface area contributed by atoms with Crippen LogP contribution in [0.15, 0.2) is 29.2 Å². The standard InChI is InChI=1S/C10H16O2SSi/c1-9-5-7-10(8-6-9)13(11)12-14(2,3)4/h5-8H,1-4H3. The van der Waals surface area contributed by atoms with Crippen molar-refractivity contribution in [2.24, 2.45) is 0 Å². The lowest BCUT2D eigenvalue weighted by Crippen LogP contribution is -2.26. The van der Waals surface area contributed by atoms with Crippen molar-refractivity contribution in [1.29, 1.82) is 0 Å². The Morgan fingerprint density at radius 1 is 1.14 bits per heavy atom. The Kier molecular flexibility index (Phi) is 3.63. The van der Waals surface area contributed by atoms with Crippen molar-refractivity contribution in [2.45, 2.75) is 31.5 Å². The monoisotopic (exact) mass is 228 g/mol. The number of rotatable bonds is 3. The summed E-state index contributed by atoms with van der Waals surface area (Å²) in [5.74, 6) is 0. The van der Waals surface area contributed by atoms with Crippen LogP contribution in [-0.2, 0) is 15.0 Å². The van der Waals surface area contributed by atoms with Crippen LogP contribution in [-0.4, -0.2) is 12.5 Å². The quantitative estimate of drug-likeness (QED) is 0.744. The highest BCUT2D eigenvalue weighted by atomic mass is 32.2. The number of benzene rings is 1. The Labute approximate surface area is 89.1 Å². The van der Waals surface area contributed by atoms with E-state index in [1.54, 1.807) is 0 Å². The van der Waals surface area contributed by atoms with Crippen LogP contribution in [0.3, 0.4) is 0 Å². The van der Waals surface area contributed by atoms with Crippen LogP contribution >= 0.6 is 0 Å². The number of hydrogen-bond donors (Lipinski definition) is 0. The fourth-order valence-electron chi connectivity index (χ4n) is 0.925. The molecular weight excluding hydrogens is 212 g/mol. The molecule has 0 heterocycles. The molecule has 0 N–H and O–H groups in total.